The van der Waals surface area contributed by atoms with Crippen LogP contribution >= 0.6 is 0 Å². The highest BCUT2D eigenvalue weighted by Crippen LogP contribution is 2.33. The summed E-state index contributed by atoms with van der Waals surface area (Å²) in [6.07, 6.45) is 0.363. The van der Waals surface area contributed by atoms with Crippen molar-refractivity contribution >= 4 is 23.5 Å². The summed E-state index contributed by atoms with van der Waals surface area (Å²) in [5, 5.41) is 18.0. The van der Waals surface area contributed by atoms with E-state index in [9.17, 15) is 19.5 Å². The fourth-order valence-corrected chi connectivity index (χ4v) is 2.56. The number of aliphatic carboxylic acids is 2. The van der Waals surface area contributed by atoms with Crippen LogP contribution in [0.25, 0.3) is 0 Å². The number of rotatable bonds is 5. The molecule has 6 nitrogen and oxygen atoms in total. The molecule has 0 saturated heterocycles. The molecule has 0 saturated carbocycles. The molecule has 21 heavy (non-hydrogen) atoms. The molecule has 1 aliphatic heterocycles. The summed E-state index contributed by atoms with van der Waals surface area (Å²) in [5.74, 6) is -2.89. The van der Waals surface area contributed by atoms with Crippen molar-refractivity contribution in [1.29, 1.82) is 0 Å². The lowest BCUT2D eigenvalue weighted by Crippen LogP contribution is -2.45. The van der Waals surface area contributed by atoms with Crippen LogP contribution in [0.15, 0.2) is 24.3 Å². The number of hydrogen-bond acceptors (Lipinski definition) is 3. The van der Waals surface area contributed by atoms with E-state index in [0.29, 0.717) is 5.69 Å². The van der Waals surface area contributed by atoms with Gasteiger partial charge in [0.15, 0.2) is 0 Å². The smallest absolute Gasteiger partial charge is 0.327 e. The van der Waals surface area contributed by atoms with Crippen LogP contribution in [-0.2, 0) is 20.8 Å². The molecule has 0 spiro atoms. The number of carbonyl (C=O) groups excluding carboxylic acids is 1. The van der Waals surface area contributed by atoms with Crippen LogP contribution in [0.3, 0.4) is 0 Å². The van der Waals surface area contributed by atoms with Gasteiger partial charge >= 0.3 is 11.9 Å². The third kappa shape index (κ3) is 3.04. The molecule has 1 amide bonds. The van der Waals surface area contributed by atoms with Gasteiger partial charge in [-0.3, -0.25) is 14.5 Å². The quantitative estimate of drug-likeness (QED) is 0.857. The number of benzene rings is 1. The first kappa shape index (κ1) is 15.0. The molecular weight excluding hydrogens is 274 g/mol. The van der Waals surface area contributed by atoms with Crippen LogP contribution in [0, 0.1) is 5.92 Å². The van der Waals surface area contributed by atoms with E-state index in [1.807, 2.05) is 0 Å². The van der Waals surface area contributed by atoms with Gasteiger partial charge in [0.25, 0.3) is 0 Å². The third-order valence-electron chi connectivity index (χ3n) is 3.71. The van der Waals surface area contributed by atoms with E-state index in [1.54, 1.807) is 31.2 Å². The topological polar surface area (TPSA) is 94.9 Å². The van der Waals surface area contributed by atoms with Crippen molar-refractivity contribution in [1.82, 2.24) is 0 Å². The largest absolute Gasteiger partial charge is 0.481 e. The van der Waals surface area contributed by atoms with Gasteiger partial charge in [0, 0.05) is 24.4 Å². The summed E-state index contributed by atoms with van der Waals surface area (Å²) in [6.45, 7) is 1.63. The minimum Gasteiger partial charge on any atom is -0.481 e. The molecule has 0 bridgehead atoms. The molecule has 0 fully saturated rings. The first-order valence-corrected chi connectivity index (χ1v) is 6.77. The molecule has 0 aromatic heterocycles. The van der Waals surface area contributed by atoms with Crippen LogP contribution in [0.4, 0.5) is 5.69 Å². The third-order valence-corrected chi connectivity index (χ3v) is 3.71. The van der Waals surface area contributed by atoms with Gasteiger partial charge < -0.3 is 10.2 Å². The van der Waals surface area contributed by atoms with Crippen molar-refractivity contribution in [3.8, 4) is 0 Å². The fourth-order valence-electron chi connectivity index (χ4n) is 2.56. The van der Waals surface area contributed by atoms with Crippen molar-refractivity contribution in [2.24, 2.45) is 5.92 Å². The van der Waals surface area contributed by atoms with Gasteiger partial charge in [-0.2, -0.15) is 0 Å². The molecule has 112 valence electrons. The Morgan fingerprint density at radius 1 is 1.29 bits per heavy atom. The number of carboxylic acids is 2. The zero-order valence-corrected chi connectivity index (χ0v) is 11.7. The molecule has 1 aromatic carbocycles. The number of carbonyl (C=O) groups is 3. The molecule has 2 N–H and O–H groups in total. The second-order valence-corrected chi connectivity index (χ2v) is 5.23. The molecule has 2 atom stereocenters. The normalized spacial score (nSPS) is 18.1. The number of carboxylic acid groups (broad SMARTS) is 2. The summed E-state index contributed by atoms with van der Waals surface area (Å²) in [4.78, 5) is 35.8. The number of anilines is 1. The summed E-state index contributed by atoms with van der Waals surface area (Å²) < 4.78 is 0. The van der Waals surface area contributed by atoms with Gasteiger partial charge in [-0.05, 0) is 18.1 Å². The van der Waals surface area contributed by atoms with E-state index < -0.39 is 23.9 Å². The zero-order chi connectivity index (χ0) is 15.6. The van der Waals surface area contributed by atoms with Crippen LogP contribution in [0.2, 0.25) is 0 Å². The SMILES string of the molecule is C[C@H](CCC(=O)O)C(=O)N1c2ccccc2C[C@H]1C(=O)O. The summed E-state index contributed by atoms with van der Waals surface area (Å²) in [5.41, 5.74) is 1.43. The molecule has 0 aliphatic carbocycles. The zero-order valence-electron chi connectivity index (χ0n) is 11.7. The van der Waals surface area contributed by atoms with Crippen LogP contribution in [0.1, 0.15) is 25.3 Å². The fraction of sp³-hybridized carbons (Fsp3) is 0.400. The van der Waals surface area contributed by atoms with Crippen LogP contribution in [0.5, 0.6) is 0 Å². The van der Waals surface area contributed by atoms with E-state index >= 15 is 0 Å². The van der Waals surface area contributed by atoms with Crippen LogP contribution in [-0.4, -0.2) is 34.1 Å². The Morgan fingerprint density at radius 3 is 2.57 bits per heavy atom. The van der Waals surface area contributed by atoms with E-state index in [-0.39, 0.29) is 25.2 Å². The highest BCUT2D eigenvalue weighted by molar-refractivity contribution is 6.02. The first-order valence-electron chi connectivity index (χ1n) is 6.77. The molecule has 6 heteroatoms. The van der Waals surface area contributed by atoms with Crippen molar-refractivity contribution in [2.75, 3.05) is 4.90 Å². The molecule has 1 heterocycles. The predicted molar refractivity (Wildman–Crippen MR) is 75.1 cm³/mol. The highest BCUT2D eigenvalue weighted by Gasteiger charge is 2.39. The lowest BCUT2D eigenvalue weighted by molar-refractivity contribution is -0.141. The Labute approximate surface area is 122 Å². The van der Waals surface area contributed by atoms with Gasteiger partial charge in [-0.15, -0.1) is 0 Å². The monoisotopic (exact) mass is 291 g/mol. The highest BCUT2D eigenvalue weighted by atomic mass is 16.4. The van der Waals surface area contributed by atoms with Gasteiger partial charge in [0.05, 0.1) is 0 Å². The second kappa shape index (κ2) is 5.95. The lowest BCUT2D eigenvalue weighted by Gasteiger charge is -2.25. The summed E-state index contributed by atoms with van der Waals surface area (Å²) in [7, 11) is 0. The Hall–Kier alpha value is -2.37. The molecule has 1 aromatic rings. The molecule has 0 unspecified atom stereocenters. The number of para-hydroxylation sites is 1. The molecule has 1 aliphatic rings. The Bertz CT molecular complexity index is 583. The minimum absolute atomic E-state index is 0.111. The Morgan fingerprint density at radius 2 is 1.95 bits per heavy atom. The standard InChI is InChI=1S/C15H17NO5/c1-9(6-7-13(17)18)14(19)16-11-5-3-2-4-10(11)8-12(16)15(20)21/h2-5,9,12H,6-8H2,1H3,(H,17,18)(H,20,21)/t9-,12+/m1/s1. The van der Waals surface area contributed by atoms with E-state index in [0.717, 1.165) is 5.56 Å². The van der Waals surface area contributed by atoms with E-state index in [2.05, 4.69) is 0 Å². The van der Waals surface area contributed by atoms with Gasteiger partial charge in [-0.25, -0.2) is 4.79 Å². The average Bonchev–Trinajstić information content (AvgIpc) is 2.83. The number of amides is 1. The van der Waals surface area contributed by atoms with Crippen molar-refractivity contribution in [2.45, 2.75) is 32.2 Å². The van der Waals surface area contributed by atoms with Crippen molar-refractivity contribution in [3.05, 3.63) is 29.8 Å². The maximum Gasteiger partial charge on any atom is 0.327 e. The second-order valence-electron chi connectivity index (χ2n) is 5.23. The maximum absolute atomic E-state index is 12.5. The number of fused-ring (bicyclic) bond motifs is 1. The average molecular weight is 291 g/mol. The van der Waals surface area contributed by atoms with E-state index in [4.69, 9.17) is 5.11 Å². The summed E-state index contributed by atoms with van der Waals surface area (Å²) in [6, 6.07) is 6.17. The van der Waals surface area contributed by atoms with Gasteiger partial charge in [0.1, 0.15) is 6.04 Å². The lowest BCUT2D eigenvalue weighted by atomic mass is 10.0. The van der Waals surface area contributed by atoms with Crippen LogP contribution < -0.4 is 4.90 Å². The maximum atomic E-state index is 12.5. The first-order chi connectivity index (χ1) is 9.91. The van der Waals surface area contributed by atoms with E-state index in [1.165, 1.54) is 4.90 Å². The Balaban J connectivity index is 2.24. The molecule has 0 radical (unpaired) electrons. The minimum atomic E-state index is -1.05. The molecule has 2 rings (SSSR count). The van der Waals surface area contributed by atoms with Gasteiger partial charge in [0.2, 0.25) is 5.91 Å². The number of hydrogen-bond donors (Lipinski definition) is 2. The summed E-state index contributed by atoms with van der Waals surface area (Å²) >= 11 is 0. The Kier molecular flexibility index (Phi) is 4.26. The van der Waals surface area contributed by atoms with Crippen molar-refractivity contribution in [3.63, 3.8) is 0 Å². The number of nitrogens with zero attached hydrogens (tertiary/aromatic N) is 1. The predicted octanol–water partition coefficient (Wildman–Crippen LogP) is 1.53. The molecular formula is C15H17NO5. The van der Waals surface area contributed by atoms with Gasteiger partial charge in [-0.1, -0.05) is 25.1 Å². The van der Waals surface area contributed by atoms with Crippen molar-refractivity contribution < 1.29 is 24.6 Å².